The Morgan fingerprint density at radius 1 is 1.58 bits per heavy atom. The minimum atomic E-state index is 0.753. The third-order valence-electron chi connectivity index (χ3n) is 1.28. The molecule has 0 aliphatic carbocycles. The van der Waals surface area contributed by atoms with Gasteiger partial charge in [-0.05, 0) is 12.1 Å². The van der Waals surface area contributed by atoms with E-state index in [1.807, 2.05) is 12.1 Å². The Morgan fingerprint density at radius 3 is 3.25 bits per heavy atom. The van der Waals surface area contributed by atoms with Gasteiger partial charge in [-0.3, -0.25) is 4.98 Å². The minimum Gasteiger partial charge on any atom is -0.463 e. The van der Waals surface area contributed by atoms with Crippen LogP contribution in [-0.2, 0) is 0 Å². The minimum absolute atomic E-state index is 0.753. The number of aromatic nitrogens is 1. The monoisotopic (exact) mass is 178 g/mol. The number of aliphatic imine (C=N–C) groups is 1. The first-order valence-electron chi connectivity index (χ1n) is 3.41. The predicted molar refractivity (Wildman–Crippen MR) is 48.1 cm³/mol. The normalized spacial score (nSPS) is 11.0. The first-order chi connectivity index (χ1) is 5.95. The SMILES string of the molecule is C(=Nc1cncs1)c1ccco1. The Labute approximate surface area is 73.4 Å². The van der Waals surface area contributed by atoms with Crippen molar-refractivity contribution in [2.24, 2.45) is 4.99 Å². The highest BCUT2D eigenvalue weighted by Gasteiger charge is 1.90. The number of hydrogen-bond donors (Lipinski definition) is 0. The van der Waals surface area contributed by atoms with Crippen molar-refractivity contribution in [3.63, 3.8) is 0 Å². The van der Waals surface area contributed by atoms with Crippen LogP contribution in [-0.4, -0.2) is 11.2 Å². The molecule has 0 aliphatic heterocycles. The third kappa shape index (κ3) is 1.60. The van der Waals surface area contributed by atoms with Gasteiger partial charge in [0.25, 0.3) is 0 Å². The van der Waals surface area contributed by atoms with E-state index in [0.717, 1.165) is 10.8 Å². The quantitative estimate of drug-likeness (QED) is 0.662. The lowest BCUT2D eigenvalue weighted by molar-refractivity contribution is 0.560. The second kappa shape index (κ2) is 3.32. The van der Waals surface area contributed by atoms with Gasteiger partial charge in [-0.15, -0.1) is 11.3 Å². The molecule has 0 aromatic carbocycles. The van der Waals surface area contributed by atoms with Crippen molar-refractivity contribution < 1.29 is 4.42 Å². The average molecular weight is 178 g/mol. The molecule has 0 atom stereocenters. The Bertz CT molecular complexity index is 314. The molecule has 0 saturated heterocycles. The standard InChI is InChI=1S/C8H6N2OS/c1-2-7(11-3-1)4-10-8-5-9-6-12-8/h1-6H. The Hall–Kier alpha value is -1.42. The van der Waals surface area contributed by atoms with Crippen molar-refractivity contribution in [3.8, 4) is 0 Å². The highest BCUT2D eigenvalue weighted by atomic mass is 32.1. The fraction of sp³-hybridized carbons (Fsp3) is 0. The zero-order valence-electron chi connectivity index (χ0n) is 6.18. The smallest absolute Gasteiger partial charge is 0.144 e. The van der Waals surface area contributed by atoms with Crippen LogP contribution in [0.25, 0.3) is 0 Å². The molecule has 2 aromatic rings. The number of hydrogen-bond acceptors (Lipinski definition) is 4. The number of thiazole rings is 1. The molecule has 0 radical (unpaired) electrons. The molecule has 0 saturated carbocycles. The van der Waals surface area contributed by atoms with Crippen LogP contribution < -0.4 is 0 Å². The Balaban J connectivity index is 2.14. The van der Waals surface area contributed by atoms with Crippen LogP contribution >= 0.6 is 11.3 Å². The Morgan fingerprint density at radius 2 is 2.58 bits per heavy atom. The van der Waals surface area contributed by atoms with E-state index < -0.39 is 0 Å². The van der Waals surface area contributed by atoms with Gasteiger partial charge >= 0.3 is 0 Å². The summed E-state index contributed by atoms with van der Waals surface area (Å²) in [5, 5.41) is 0.881. The van der Waals surface area contributed by atoms with Crippen LogP contribution in [0.3, 0.4) is 0 Å². The highest BCUT2D eigenvalue weighted by Crippen LogP contribution is 2.16. The van der Waals surface area contributed by atoms with Gasteiger partial charge in [-0.1, -0.05) is 0 Å². The van der Waals surface area contributed by atoms with Gasteiger partial charge in [-0.2, -0.15) is 0 Å². The molecule has 12 heavy (non-hydrogen) atoms. The fourth-order valence-corrected chi connectivity index (χ4v) is 1.23. The fourth-order valence-electron chi connectivity index (χ4n) is 0.765. The summed E-state index contributed by atoms with van der Waals surface area (Å²) >= 11 is 1.49. The molecule has 60 valence electrons. The molecule has 4 heteroatoms. The van der Waals surface area contributed by atoms with E-state index in [1.165, 1.54) is 11.3 Å². The molecule has 0 spiro atoms. The summed E-state index contributed by atoms with van der Waals surface area (Å²) < 4.78 is 5.07. The van der Waals surface area contributed by atoms with Crippen LogP contribution in [0.4, 0.5) is 5.00 Å². The summed E-state index contributed by atoms with van der Waals surface area (Å²) in [6.07, 6.45) is 5.01. The van der Waals surface area contributed by atoms with E-state index >= 15 is 0 Å². The van der Waals surface area contributed by atoms with Gasteiger partial charge < -0.3 is 4.42 Å². The second-order valence-electron chi connectivity index (χ2n) is 2.11. The van der Waals surface area contributed by atoms with Gasteiger partial charge in [-0.25, -0.2) is 4.99 Å². The summed E-state index contributed by atoms with van der Waals surface area (Å²) in [5.74, 6) is 0.753. The maximum absolute atomic E-state index is 5.07. The predicted octanol–water partition coefficient (Wildman–Crippen LogP) is 2.49. The summed E-state index contributed by atoms with van der Waals surface area (Å²) in [6.45, 7) is 0. The van der Waals surface area contributed by atoms with Crippen molar-refractivity contribution in [1.82, 2.24) is 4.98 Å². The van der Waals surface area contributed by atoms with E-state index in [1.54, 1.807) is 24.2 Å². The molecule has 0 bridgehead atoms. The van der Waals surface area contributed by atoms with Crippen molar-refractivity contribution in [3.05, 3.63) is 35.9 Å². The molecule has 2 heterocycles. The second-order valence-corrected chi connectivity index (χ2v) is 2.98. The molecule has 0 unspecified atom stereocenters. The molecule has 2 rings (SSSR count). The van der Waals surface area contributed by atoms with Crippen molar-refractivity contribution >= 4 is 22.6 Å². The van der Waals surface area contributed by atoms with Crippen molar-refractivity contribution in [2.45, 2.75) is 0 Å². The van der Waals surface area contributed by atoms with E-state index in [2.05, 4.69) is 9.98 Å². The van der Waals surface area contributed by atoms with E-state index in [9.17, 15) is 0 Å². The lowest BCUT2D eigenvalue weighted by Crippen LogP contribution is -1.70. The molecule has 0 amide bonds. The zero-order chi connectivity index (χ0) is 8.23. The van der Waals surface area contributed by atoms with Crippen LogP contribution in [0.1, 0.15) is 5.76 Å². The lowest BCUT2D eigenvalue weighted by Gasteiger charge is -1.81. The summed E-state index contributed by atoms with van der Waals surface area (Å²) in [4.78, 5) is 8.04. The van der Waals surface area contributed by atoms with Gasteiger partial charge in [0.1, 0.15) is 10.8 Å². The number of furan rings is 1. The maximum atomic E-state index is 5.07. The van der Waals surface area contributed by atoms with Gasteiger partial charge in [0, 0.05) is 0 Å². The topological polar surface area (TPSA) is 38.4 Å². The maximum Gasteiger partial charge on any atom is 0.144 e. The molecule has 2 aromatic heterocycles. The first kappa shape index (κ1) is 7.24. The summed E-state index contributed by atoms with van der Waals surface area (Å²) in [5.41, 5.74) is 1.74. The molecular weight excluding hydrogens is 172 g/mol. The van der Waals surface area contributed by atoms with Gasteiger partial charge in [0.2, 0.25) is 0 Å². The van der Waals surface area contributed by atoms with Crippen molar-refractivity contribution in [1.29, 1.82) is 0 Å². The molecule has 0 aliphatic rings. The number of rotatable bonds is 2. The Kier molecular flexibility index (Phi) is 2.00. The largest absolute Gasteiger partial charge is 0.463 e. The average Bonchev–Trinajstić information content (AvgIpc) is 2.74. The zero-order valence-corrected chi connectivity index (χ0v) is 6.99. The van der Waals surface area contributed by atoms with Crippen LogP contribution in [0.5, 0.6) is 0 Å². The summed E-state index contributed by atoms with van der Waals surface area (Å²) in [6, 6.07) is 3.68. The molecular formula is C8H6N2OS. The summed E-state index contributed by atoms with van der Waals surface area (Å²) in [7, 11) is 0. The van der Waals surface area contributed by atoms with Crippen LogP contribution in [0.15, 0.2) is 39.5 Å². The van der Waals surface area contributed by atoms with Crippen LogP contribution in [0.2, 0.25) is 0 Å². The van der Waals surface area contributed by atoms with Gasteiger partial charge in [0.05, 0.1) is 24.2 Å². The van der Waals surface area contributed by atoms with E-state index in [0.29, 0.717) is 0 Å². The van der Waals surface area contributed by atoms with Crippen LogP contribution in [0, 0.1) is 0 Å². The molecule has 0 N–H and O–H groups in total. The van der Waals surface area contributed by atoms with E-state index in [4.69, 9.17) is 4.42 Å². The van der Waals surface area contributed by atoms with Gasteiger partial charge in [0.15, 0.2) is 0 Å². The highest BCUT2D eigenvalue weighted by molar-refractivity contribution is 7.13. The lowest BCUT2D eigenvalue weighted by atomic mass is 10.5. The molecule has 3 nitrogen and oxygen atoms in total. The molecule has 0 fully saturated rings. The third-order valence-corrected chi connectivity index (χ3v) is 1.96. The van der Waals surface area contributed by atoms with Crippen molar-refractivity contribution in [2.75, 3.05) is 0 Å². The number of nitrogens with zero attached hydrogens (tertiary/aromatic N) is 2. The van der Waals surface area contributed by atoms with E-state index in [-0.39, 0.29) is 0 Å². The first-order valence-corrected chi connectivity index (χ1v) is 4.29.